The summed E-state index contributed by atoms with van der Waals surface area (Å²) in [5.74, 6) is -3.76. The molecule has 2 aromatic rings. The molecule has 156 valence electrons. The Morgan fingerprint density at radius 3 is 2.45 bits per heavy atom. The highest BCUT2D eigenvalue weighted by molar-refractivity contribution is 6.33. The second kappa shape index (κ2) is 7.79. The zero-order valence-electron chi connectivity index (χ0n) is 15.6. The fourth-order valence-electron chi connectivity index (χ4n) is 3.16. The highest BCUT2D eigenvalue weighted by Crippen LogP contribution is 2.39. The lowest BCUT2D eigenvalue weighted by Gasteiger charge is -2.24. The Hall–Kier alpha value is -2.99. The van der Waals surface area contributed by atoms with Gasteiger partial charge in [-0.25, -0.2) is 4.98 Å². The van der Waals surface area contributed by atoms with E-state index in [0.29, 0.717) is 0 Å². The van der Waals surface area contributed by atoms with Gasteiger partial charge >= 0.3 is 17.9 Å². The van der Waals surface area contributed by atoms with Gasteiger partial charge in [0.25, 0.3) is 0 Å². The smallest absolute Gasteiger partial charge is 0.309 e. The van der Waals surface area contributed by atoms with Gasteiger partial charge in [-0.2, -0.15) is 9.97 Å². The Labute approximate surface area is 168 Å². The number of ether oxygens (including phenoxy) is 3. The van der Waals surface area contributed by atoms with Crippen molar-refractivity contribution in [1.82, 2.24) is 19.5 Å². The lowest BCUT2D eigenvalue weighted by atomic mass is 9.98. The second-order valence-corrected chi connectivity index (χ2v) is 6.82. The van der Waals surface area contributed by atoms with Gasteiger partial charge < -0.3 is 25.1 Å². The Bertz CT molecular complexity index is 980. The largest absolute Gasteiger partial charge is 0.481 e. The zero-order valence-corrected chi connectivity index (χ0v) is 16.4. The van der Waals surface area contributed by atoms with E-state index in [1.165, 1.54) is 24.7 Å². The van der Waals surface area contributed by atoms with Crippen LogP contribution in [0.25, 0.3) is 11.2 Å². The molecule has 0 radical (unpaired) electrons. The number of anilines is 1. The van der Waals surface area contributed by atoms with E-state index in [0.717, 1.165) is 6.92 Å². The van der Waals surface area contributed by atoms with Crippen molar-refractivity contribution in [3.05, 3.63) is 11.5 Å². The molecular formula is C16H18ClN5O7. The Morgan fingerprint density at radius 2 is 1.86 bits per heavy atom. The molecule has 3 N–H and O–H groups in total. The van der Waals surface area contributed by atoms with Gasteiger partial charge in [-0.1, -0.05) is 11.6 Å². The maximum Gasteiger partial charge on any atom is 0.309 e. The van der Waals surface area contributed by atoms with Gasteiger partial charge in [-0.3, -0.25) is 19.0 Å². The average molecular weight is 428 g/mol. The number of carboxylic acid groups (broad SMARTS) is 1. The summed E-state index contributed by atoms with van der Waals surface area (Å²) in [5.41, 5.74) is 6.04. The molecule has 13 heteroatoms. The molecule has 1 saturated heterocycles. The SMILES string of the molecule is CC(=O)O[C@@H]1[C@H](OC(C)=O)[C@@H](C(C)C(=O)O)O[C@H]1n1cnc2c(Cl)nc(N)nc21. The second-order valence-electron chi connectivity index (χ2n) is 6.46. The summed E-state index contributed by atoms with van der Waals surface area (Å²) in [6.07, 6.45) is -3.26. The van der Waals surface area contributed by atoms with Crippen molar-refractivity contribution >= 4 is 46.6 Å². The van der Waals surface area contributed by atoms with Crippen LogP contribution in [0.1, 0.15) is 27.0 Å². The van der Waals surface area contributed by atoms with Crippen LogP contribution in [0.2, 0.25) is 5.15 Å². The standard InChI is InChI=1S/C16H18ClN5O7/c1-5(15(25)26)9-10(27-6(2)23)11(28-7(3)24)14(29-9)22-4-19-8-12(17)20-16(18)21-13(8)22/h4-5,9-11,14H,1-3H3,(H,25,26)(H2,18,20,21)/t5?,9-,10-,11-,14-/m1/s1. The fraction of sp³-hybridized carbons (Fsp3) is 0.500. The third-order valence-corrected chi connectivity index (χ3v) is 4.65. The van der Waals surface area contributed by atoms with Crippen LogP contribution in [0.3, 0.4) is 0 Å². The highest BCUT2D eigenvalue weighted by Gasteiger charge is 2.53. The number of aromatic nitrogens is 4. The molecule has 12 nitrogen and oxygen atoms in total. The molecule has 2 aromatic heterocycles. The van der Waals surface area contributed by atoms with Gasteiger partial charge in [0.15, 0.2) is 29.2 Å². The maximum absolute atomic E-state index is 11.7. The minimum Gasteiger partial charge on any atom is -0.481 e. The number of nitrogens with zero attached hydrogens (tertiary/aromatic N) is 4. The number of carbonyl (C=O) groups excluding carboxylic acids is 2. The normalized spacial score (nSPS) is 25.0. The predicted octanol–water partition coefficient (Wildman–Crippen LogP) is 0.543. The van der Waals surface area contributed by atoms with E-state index >= 15 is 0 Å². The van der Waals surface area contributed by atoms with Gasteiger partial charge in [-0.05, 0) is 6.92 Å². The number of aliphatic carboxylic acids is 1. The molecule has 1 aliphatic heterocycles. The van der Waals surface area contributed by atoms with E-state index in [9.17, 15) is 19.5 Å². The van der Waals surface area contributed by atoms with Crippen LogP contribution in [-0.2, 0) is 28.6 Å². The van der Waals surface area contributed by atoms with Gasteiger partial charge in [0.1, 0.15) is 11.6 Å². The summed E-state index contributed by atoms with van der Waals surface area (Å²) in [4.78, 5) is 46.9. The van der Waals surface area contributed by atoms with Gasteiger partial charge in [0.05, 0.1) is 12.2 Å². The molecule has 0 aromatic carbocycles. The summed E-state index contributed by atoms with van der Waals surface area (Å²) in [6.45, 7) is 3.71. The van der Waals surface area contributed by atoms with Crippen LogP contribution >= 0.6 is 11.6 Å². The number of halogens is 1. The molecule has 3 rings (SSSR count). The number of nitrogen functional groups attached to an aromatic ring is 1. The van der Waals surface area contributed by atoms with E-state index < -0.39 is 48.4 Å². The lowest BCUT2D eigenvalue weighted by Crippen LogP contribution is -2.42. The van der Waals surface area contributed by atoms with E-state index in [1.54, 1.807) is 0 Å². The van der Waals surface area contributed by atoms with Crippen molar-refractivity contribution in [2.45, 2.75) is 45.3 Å². The summed E-state index contributed by atoms with van der Waals surface area (Å²) in [5, 5.41) is 9.42. The van der Waals surface area contributed by atoms with Crippen molar-refractivity contribution in [1.29, 1.82) is 0 Å². The van der Waals surface area contributed by atoms with Crippen LogP contribution in [0.15, 0.2) is 6.33 Å². The summed E-state index contributed by atoms with van der Waals surface area (Å²) in [7, 11) is 0. The van der Waals surface area contributed by atoms with E-state index in [1.807, 2.05) is 0 Å². The number of carboxylic acids is 1. The topological polar surface area (TPSA) is 169 Å². The molecular weight excluding hydrogens is 410 g/mol. The monoisotopic (exact) mass is 427 g/mol. The highest BCUT2D eigenvalue weighted by atomic mass is 35.5. The Morgan fingerprint density at radius 1 is 1.24 bits per heavy atom. The molecule has 1 aliphatic rings. The maximum atomic E-state index is 11.7. The number of fused-ring (bicyclic) bond motifs is 1. The summed E-state index contributed by atoms with van der Waals surface area (Å²) < 4.78 is 17.9. The van der Waals surface area contributed by atoms with E-state index in [2.05, 4.69) is 15.0 Å². The molecule has 29 heavy (non-hydrogen) atoms. The molecule has 0 saturated carbocycles. The van der Waals surface area contributed by atoms with Crippen molar-refractivity contribution in [2.75, 3.05) is 5.73 Å². The number of hydrogen-bond acceptors (Lipinski definition) is 10. The summed E-state index contributed by atoms with van der Waals surface area (Å²) in [6, 6.07) is 0. The molecule has 0 bridgehead atoms. The number of carbonyl (C=O) groups is 3. The Kier molecular flexibility index (Phi) is 5.57. The number of rotatable bonds is 5. The van der Waals surface area contributed by atoms with Crippen LogP contribution in [0, 0.1) is 5.92 Å². The fourth-order valence-corrected chi connectivity index (χ4v) is 3.38. The first-order valence-electron chi connectivity index (χ1n) is 8.48. The molecule has 3 heterocycles. The van der Waals surface area contributed by atoms with Crippen LogP contribution in [-0.4, -0.2) is 60.8 Å². The molecule has 5 atom stereocenters. The lowest BCUT2D eigenvalue weighted by molar-refractivity contribution is -0.166. The van der Waals surface area contributed by atoms with Crippen molar-refractivity contribution in [2.24, 2.45) is 5.92 Å². The molecule has 1 unspecified atom stereocenters. The van der Waals surface area contributed by atoms with E-state index in [-0.39, 0.29) is 22.3 Å². The molecule has 0 aliphatic carbocycles. The third kappa shape index (κ3) is 3.93. The number of nitrogens with two attached hydrogens (primary N) is 1. The van der Waals surface area contributed by atoms with Crippen molar-refractivity contribution in [3.8, 4) is 0 Å². The minimum atomic E-state index is -1.18. The molecule has 1 fully saturated rings. The first-order chi connectivity index (χ1) is 13.6. The quantitative estimate of drug-likeness (QED) is 0.504. The first-order valence-corrected chi connectivity index (χ1v) is 8.86. The number of esters is 2. The number of hydrogen-bond donors (Lipinski definition) is 2. The average Bonchev–Trinajstić information content (AvgIpc) is 3.15. The predicted molar refractivity (Wildman–Crippen MR) is 96.6 cm³/mol. The first kappa shape index (κ1) is 20.7. The van der Waals surface area contributed by atoms with E-state index in [4.69, 9.17) is 31.5 Å². The van der Waals surface area contributed by atoms with Crippen LogP contribution < -0.4 is 5.73 Å². The molecule has 0 amide bonds. The van der Waals surface area contributed by atoms with Crippen molar-refractivity contribution < 1.29 is 33.7 Å². The van der Waals surface area contributed by atoms with Gasteiger partial charge in [-0.15, -0.1) is 0 Å². The van der Waals surface area contributed by atoms with Crippen LogP contribution in [0.5, 0.6) is 0 Å². The van der Waals surface area contributed by atoms with Crippen LogP contribution in [0.4, 0.5) is 5.95 Å². The Balaban J connectivity index is 2.12. The van der Waals surface area contributed by atoms with Crippen molar-refractivity contribution in [3.63, 3.8) is 0 Å². The minimum absolute atomic E-state index is 0.000253. The van der Waals surface area contributed by atoms with Gasteiger partial charge in [0, 0.05) is 13.8 Å². The third-order valence-electron chi connectivity index (χ3n) is 4.38. The number of imidazole rings is 1. The summed E-state index contributed by atoms with van der Waals surface area (Å²) >= 11 is 6.04. The zero-order chi connectivity index (χ0) is 21.5. The van der Waals surface area contributed by atoms with Gasteiger partial charge in [0.2, 0.25) is 5.95 Å². The molecule has 0 spiro atoms.